The Kier molecular flexibility index (Phi) is 6.67. The number of carbonyl (C=O) groups is 1. The number of carbonyl (C=O) groups excluding carboxylic acids is 1. The van der Waals surface area contributed by atoms with Gasteiger partial charge in [-0.15, -0.1) is 0 Å². The van der Waals surface area contributed by atoms with Crippen LogP contribution in [0.2, 0.25) is 0 Å². The Labute approximate surface area is 166 Å². The third-order valence-electron chi connectivity index (χ3n) is 4.13. The Morgan fingerprint density at radius 3 is 2.41 bits per heavy atom. The first kappa shape index (κ1) is 20.2. The highest BCUT2D eigenvalue weighted by atomic mass is 19.3. The Morgan fingerprint density at radius 2 is 1.76 bits per heavy atom. The molecule has 6 nitrogen and oxygen atoms in total. The summed E-state index contributed by atoms with van der Waals surface area (Å²) in [6.07, 6.45) is 6.65. The maximum absolute atomic E-state index is 13.2. The van der Waals surface area contributed by atoms with E-state index in [0.717, 1.165) is 11.1 Å². The third kappa shape index (κ3) is 5.47. The van der Waals surface area contributed by atoms with E-state index in [2.05, 4.69) is 14.7 Å². The summed E-state index contributed by atoms with van der Waals surface area (Å²) in [5.41, 5.74) is 2.06. The van der Waals surface area contributed by atoms with E-state index in [-0.39, 0.29) is 17.4 Å². The summed E-state index contributed by atoms with van der Waals surface area (Å²) in [6, 6.07) is 11.4. The quantitative estimate of drug-likeness (QED) is 0.574. The van der Waals surface area contributed by atoms with Gasteiger partial charge in [0.15, 0.2) is 11.5 Å². The molecule has 3 aromatic rings. The third-order valence-corrected chi connectivity index (χ3v) is 4.13. The van der Waals surface area contributed by atoms with E-state index < -0.39 is 6.61 Å². The molecule has 150 valence electrons. The smallest absolute Gasteiger partial charge is 0.387 e. The first-order valence-electron chi connectivity index (χ1n) is 8.76. The monoisotopic (exact) mass is 399 g/mol. The lowest BCUT2D eigenvalue weighted by Gasteiger charge is -2.23. The SMILES string of the molecule is COc1cc(C(=O)N(Cc2ccncc2)Cc2cccnc2)ccc1OC(F)F. The number of methoxy groups -OCH3 is 1. The zero-order chi connectivity index (χ0) is 20.6. The van der Waals surface area contributed by atoms with Crippen molar-refractivity contribution in [3.05, 3.63) is 83.9 Å². The Morgan fingerprint density at radius 1 is 1.00 bits per heavy atom. The van der Waals surface area contributed by atoms with Gasteiger partial charge in [-0.25, -0.2) is 0 Å². The van der Waals surface area contributed by atoms with Gasteiger partial charge in [0.1, 0.15) is 0 Å². The van der Waals surface area contributed by atoms with E-state index in [1.807, 2.05) is 18.2 Å². The van der Waals surface area contributed by atoms with Crippen molar-refractivity contribution in [3.8, 4) is 11.5 Å². The van der Waals surface area contributed by atoms with Gasteiger partial charge in [0.05, 0.1) is 7.11 Å². The van der Waals surface area contributed by atoms with Crippen molar-refractivity contribution in [3.63, 3.8) is 0 Å². The first-order valence-corrected chi connectivity index (χ1v) is 8.76. The highest BCUT2D eigenvalue weighted by Gasteiger charge is 2.20. The standard InChI is InChI=1S/C21H19F2N3O3/c1-28-19-11-17(4-5-18(19)29-21(22)23)20(27)26(13-15-6-9-24-10-7-15)14-16-3-2-8-25-12-16/h2-12,21H,13-14H2,1H3. The fourth-order valence-electron chi connectivity index (χ4n) is 2.80. The zero-order valence-electron chi connectivity index (χ0n) is 15.7. The molecule has 0 aliphatic heterocycles. The van der Waals surface area contributed by atoms with Crippen molar-refractivity contribution in [1.82, 2.24) is 14.9 Å². The van der Waals surface area contributed by atoms with Crippen molar-refractivity contribution in [2.75, 3.05) is 7.11 Å². The molecule has 2 heterocycles. The lowest BCUT2D eigenvalue weighted by molar-refractivity contribution is -0.0512. The number of halogens is 2. The maximum Gasteiger partial charge on any atom is 0.387 e. The van der Waals surface area contributed by atoms with Crippen LogP contribution in [0.3, 0.4) is 0 Å². The van der Waals surface area contributed by atoms with Crippen LogP contribution >= 0.6 is 0 Å². The fraction of sp³-hybridized carbons (Fsp3) is 0.190. The van der Waals surface area contributed by atoms with Crippen LogP contribution in [0.25, 0.3) is 0 Å². The molecule has 1 amide bonds. The topological polar surface area (TPSA) is 64.5 Å². The van der Waals surface area contributed by atoms with Gasteiger partial charge in [-0.3, -0.25) is 14.8 Å². The Hall–Kier alpha value is -3.55. The highest BCUT2D eigenvalue weighted by molar-refractivity contribution is 5.95. The van der Waals surface area contributed by atoms with Crippen LogP contribution in [0.4, 0.5) is 8.78 Å². The molecule has 0 atom stereocenters. The van der Waals surface area contributed by atoms with Crippen molar-refractivity contribution in [2.45, 2.75) is 19.7 Å². The van der Waals surface area contributed by atoms with Crippen molar-refractivity contribution in [1.29, 1.82) is 0 Å². The molecule has 0 N–H and O–H groups in total. The largest absolute Gasteiger partial charge is 0.493 e. The molecule has 1 aromatic carbocycles. The number of amides is 1. The number of ether oxygens (including phenoxy) is 2. The summed E-state index contributed by atoms with van der Waals surface area (Å²) in [4.78, 5) is 22.9. The van der Waals surface area contributed by atoms with Gasteiger partial charge in [-0.05, 0) is 47.5 Å². The number of hydrogen-bond donors (Lipinski definition) is 0. The highest BCUT2D eigenvalue weighted by Crippen LogP contribution is 2.30. The molecule has 0 saturated carbocycles. The molecule has 0 bridgehead atoms. The number of pyridine rings is 2. The lowest BCUT2D eigenvalue weighted by atomic mass is 10.1. The summed E-state index contributed by atoms with van der Waals surface area (Å²) in [5, 5.41) is 0. The van der Waals surface area contributed by atoms with Gasteiger partial charge in [0.2, 0.25) is 0 Å². The predicted molar refractivity (Wildman–Crippen MR) is 102 cm³/mol. The lowest BCUT2D eigenvalue weighted by Crippen LogP contribution is -2.30. The number of hydrogen-bond acceptors (Lipinski definition) is 5. The van der Waals surface area contributed by atoms with Crippen molar-refractivity contribution >= 4 is 5.91 Å². The molecule has 0 spiro atoms. The number of benzene rings is 1. The molecule has 2 aromatic heterocycles. The van der Waals surface area contributed by atoms with Crippen molar-refractivity contribution < 1.29 is 23.0 Å². The van der Waals surface area contributed by atoms with Gasteiger partial charge in [0, 0.05) is 43.4 Å². The average molecular weight is 399 g/mol. The molecular weight excluding hydrogens is 380 g/mol. The van der Waals surface area contributed by atoms with Crippen molar-refractivity contribution in [2.24, 2.45) is 0 Å². The van der Waals surface area contributed by atoms with E-state index >= 15 is 0 Å². The molecule has 0 unspecified atom stereocenters. The molecule has 0 saturated heterocycles. The van der Waals surface area contributed by atoms with Gasteiger partial charge >= 0.3 is 6.61 Å². The molecule has 0 fully saturated rings. The second-order valence-corrected chi connectivity index (χ2v) is 6.12. The molecule has 8 heteroatoms. The van der Waals surface area contributed by atoms with Gasteiger partial charge in [-0.2, -0.15) is 8.78 Å². The Bertz CT molecular complexity index is 899. The zero-order valence-corrected chi connectivity index (χ0v) is 15.7. The minimum absolute atomic E-state index is 0.0568. The molecule has 0 aliphatic rings. The van der Waals surface area contributed by atoms with E-state index in [4.69, 9.17) is 4.74 Å². The van der Waals surface area contributed by atoms with E-state index in [9.17, 15) is 13.6 Å². The van der Waals surface area contributed by atoms with Crippen LogP contribution in [0.15, 0.2) is 67.3 Å². The van der Waals surface area contributed by atoms with Crippen LogP contribution in [-0.4, -0.2) is 34.5 Å². The molecule has 0 aliphatic carbocycles. The van der Waals surface area contributed by atoms with E-state index in [1.165, 1.54) is 25.3 Å². The number of aromatic nitrogens is 2. The first-order chi connectivity index (χ1) is 14.1. The average Bonchev–Trinajstić information content (AvgIpc) is 2.74. The molecule has 3 rings (SSSR count). The maximum atomic E-state index is 13.2. The Balaban J connectivity index is 1.89. The van der Waals surface area contributed by atoms with Crippen LogP contribution < -0.4 is 9.47 Å². The molecule has 0 radical (unpaired) electrons. The molecule has 29 heavy (non-hydrogen) atoms. The van der Waals surface area contributed by atoms with Crippen LogP contribution in [0.1, 0.15) is 21.5 Å². The minimum atomic E-state index is -2.99. The summed E-state index contributed by atoms with van der Waals surface area (Å²) in [7, 11) is 1.33. The molecular formula is C21H19F2N3O3. The fourth-order valence-corrected chi connectivity index (χ4v) is 2.80. The van der Waals surface area contributed by atoms with E-state index in [1.54, 1.807) is 35.8 Å². The summed E-state index contributed by atoms with van der Waals surface area (Å²) in [6.45, 7) is -2.32. The van der Waals surface area contributed by atoms with Crippen LogP contribution in [0.5, 0.6) is 11.5 Å². The van der Waals surface area contributed by atoms with Gasteiger partial charge < -0.3 is 14.4 Å². The number of nitrogens with zero attached hydrogens (tertiary/aromatic N) is 3. The number of rotatable bonds is 8. The second kappa shape index (κ2) is 9.59. The minimum Gasteiger partial charge on any atom is -0.493 e. The van der Waals surface area contributed by atoms with Gasteiger partial charge in [0.25, 0.3) is 5.91 Å². The van der Waals surface area contributed by atoms with Gasteiger partial charge in [-0.1, -0.05) is 6.07 Å². The summed E-state index contributed by atoms with van der Waals surface area (Å²) in [5.74, 6) is -0.360. The summed E-state index contributed by atoms with van der Waals surface area (Å²) >= 11 is 0. The van der Waals surface area contributed by atoms with E-state index in [0.29, 0.717) is 18.7 Å². The predicted octanol–water partition coefficient (Wildman–Crippen LogP) is 3.93. The van der Waals surface area contributed by atoms with Crippen LogP contribution in [-0.2, 0) is 13.1 Å². The second-order valence-electron chi connectivity index (χ2n) is 6.12. The number of alkyl halides is 2. The normalized spacial score (nSPS) is 10.6. The van der Waals surface area contributed by atoms with Crippen LogP contribution in [0, 0.1) is 0 Å². The summed E-state index contributed by atoms with van der Waals surface area (Å²) < 4.78 is 34.6.